The molecule has 1 aromatic carbocycles. The van der Waals surface area contributed by atoms with E-state index in [9.17, 15) is 25.5 Å². The molecule has 0 amide bonds. The zero-order chi connectivity index (χ0) is 18.6. The number of aliphatic hydroxyl groups is 5. The molecule has 1 aliphatic heterocycles. The molecule has 1 aliphatic rings. The van der Waals surface area contributed by atoms with Gasteiger partial charge in [0.05, 0.1) is 27.4 Å². The zero-order valence-electron chi connectivity index (χ0n) is 14.0. The predicted molar refractivity (Wildman–Crippen MR) is 84.2 cm³/mol. The molecule has 6 atom stereocenters. The molecule has 1 heterocycles. The summed E-state index contributed by atoms with van der Waals surface area (Å²) < 4.78 is 21.2. The Morgan fingerprint density at radius 2 is 1.68 bits per heavy atom. The second-order valence-corrected chi connectivity index (χ2v) is 5.62. The minimum absolute atomic E-state index is 0.427. The SMILES string of the molecule is COc1ccc([C@H](CO)O[C@@H]2O[C@H](CO)[C@@H](O)[C@H](O)[C@H]2O)cc1OC. The van der Waals surface area contributed by atoms with E-state index in [0.29, 0.717) is 17.1 Å². The first-order chi connectivity index (χ1) is 12.0. The summed E-state index contributed by atoms with van der Waals surface area (Å²) in [6, 6.07) is 4.88. The van der Waals surface area contributed by atoms with Crippen LogP contribution in [0.4, 0.5) is 0 Å². The van der Waals surface area contributed by atoms with Gasteiger partial charge < -0.3 is 44.5 Å². The molecule has 0 saturated carbocycles. The maximum absolute atomic E-state index is 10.0. The fourth-order valence-electron chi connectivity index (χ4n) is 2.62. The summed E-state index contributed by atoms with van der Waals surface area (Å²) >= 11 is 0. The molecule has 1 aromatic rings. The average Bonchev–Trinajstić information content (AvgIpc) is 2.65. The first kappa shape index (κ1) is 19.9. The van der Waals surface area contributed by atoms with E-state index < -0.39 is 50.0 Å². The minimum Gasteiger partial charge on any atom is -0.493 e. The van der Waals surface area contributed by atoms with Crippen molar-refractivity contribution in [2.45, 2.75) is 36.8 Å². The Hall–Kier alpha value is -1.46. The number of benzene rings is 1. The van der Waals surface area contributed by atoms with Crippen LogP contribution in [0.5, 0.6) is 11.5 Å². The highest BCUT2D eigenvalue weighted by Gasteiger charge is 2.44. The van der Waals surface area contributed by atoms with Gasteiger partial charge in [-0.2, -0.15) is 0 Å². The van der Waals surface area contributed by atoms with Crippen LogP contribution in [0.2, 0.25) is 0 Å². The van der Waals surface area contributed by atoms with Crippen molar-refractivity contribution in [3.63, 3.8) is 0 Å². The second kappa shape index (κ2) is 8.77. The first-order valence-corrected chi connectivity index (χ1v) is 7.75. The Morgan fingerprint density at radius 3 is 2.24 bits per heavy atom. The summed E-state index contributed by atoms with van der Waals surface area (Å²) in [5, 5.41) is 48.4. The fourth-order valence-corrected chi connectivity index (χ4v) is 2.62. The number of ether oxygens (including phenoxy) is 4. The molecule has 1 saturated heterocycles. The van der Waals surface area contributed by atoms with Crippen molar-refractivity contribution >= 4 is 0 Å². The molecule has 1 fully saturated rings. The van der Waals surface area contributed by atoms with Crippen LogP contribution in [-0.2, 0) is 9.47 Å². The summed E-state index contributed by atoms with van der Waals surface area (Å²) in [5.41, 5.74) is 0.525. The summed E-state index contributed by atoms with van der Waals surface area (Å²) in [5.74, 6) is 0.923. The number of hydrogen-bond acceptors (Lipinski definition) is 9. The van der Waals surface area contributed by atoms with Gasteiger partial charge in [-0.25, -0.2) is 0 Å². The standard InChI is InChI=1S/C16H24O9/c1-22-9-4-3-8(5-10(9)23-2)11(6-17)24-16-15(21)14(20)13(19)12(7-18)25-16/h3-5,11-21H,6-7H2,1-2H3/t11-,12+,13+,14-,15+,16+/m0/s1. The quantitative estimate of drug-likeness (QED) is 0.395. The van der Waals surface area contributed by atoms with Gasteiger partial charge in [-0.3, -0.25) is 0 Å². The van der Waals surface area contributed by atoms with Crippen LogP contribution in [0.25, 0.3) is 0 Å². The average molecular weight is 360 g/mol. The lowest BCUT2D eigenvalue weighted by molar-refractivity contribution is -0.314. The molecular weight excluding hydrogens is 336 g/mol. The van der Waals surface area contributed by atoms with Crippen LogP contribution in [0.15, 0.2) is 18.2 Å². The Balaban J connectivity index is 2.18. The molecule has 2 rings (SSSR count). The first-order valence-electron chi connectivity index (χ1n) is 7.75. The summed E-state index contributed by atoms with van der Waals surface area (Å²) in [4.78, 5) is 0. The Bertz CT molecular complexity index is 550. The zero-order valence-corrected chi connectivity index (χ0v) is 14.0. The molecular formula is C16H24O9. The lowest BCUT2D eigenvalue weighted by Gasteiger charge is -2.40. The highest BCUT2D eigenvalue weighted by Crippen LogP contribution is 2.33. The van der Waals surface area contributed by atoms with Crippen LogP contribution >= 0.6 is 0 Å². The van der Waals surface area contributed by atoms with E-state index in [1.807, 2.05) is 0 Å². The van der Waals surface area contributed by atoms with Crippen LogP contribution in [-0.4, -0.2) is 83.7 Å². The third kappa shape index (κ3) is 4.21. The van der Waals surface area contributed by atoms with Crippen molar-refractivity contribution in [2.75, 3.05) is 27.4 Å². The van der Waals surface area contributed by atoms with Crippen molar-refractivity contribution in [1.82, 2.24) is 0 Å². The van der Waals surface area contributed by atoms with Gasteiger partial charge in [0.25, 0.3) is 0 Å². The van der Waals surface area contributed by atoms with Gasteiger partial charge in [0.15, 0.2) is 17.8 Å². The van der Waals surface area contributed by atoms with Crippen LogP contribution in [0.1, 0.15) is 11.7 Å². The Kier molecular flexibility index (Phi) is 6.96. The van der Waals surface area contributed by atoms with Crippen molar-refractivity contribution < 1.29 is 44.5 Å². The molecule has 0 spiro atoms. The predicted octanol–water partition coefficient (Wildman–Crippen LogP) is -1.45. The van der Waals surface area contributed by atoms with Crippen LogP contribution < -0.4 is 9.47 Å². The van der Waals surface area contributed by atoms with Gasteiger partial charge in [-0.15, -0.1) is 0 Å². The molecule has 0 aliphatic carbocycles. The molecule has 142 valence electrons. The summed E-state index contributed by atoms with van der Waals surface area (Å²) in [7, 11) is 2.96. The summed E-state index contributed by atoms with van der Waals surface area (Å²) in [6.45, 7) is -1.00. The third-order valence-corrected chi connectivity index (χ3v) is 4.09. The van der Waals surface area contributed by atoms with Gasteiger partial charge >= 0.3 is 0 Å². The topological polar surface area (TPSA) is 138 Å². The van der Waals surface area contributed by atoms with Gasteiger partial charge in [0.2, 0.25) is 0 Å². The number of rotatable bonds is 7. The number of hydrogen-bond donors (Lipinski definition) is 5. The van der Waals surface area contributed by atoms with E-state index in [1.165, 1.54) is 14.2 Å². The fraction of sp³-hybridized carbons (Fsp3) is 0.625. The number of methoxy groups -OCH3 is 2. The maximum atomic E-state index is 10.0. The second-order valence-electron chi connectivity index (χ2n) is 5.62. The van der Waals surface area contributed by atoms with E-state index in [1.54, 1.807) is 18.2 Å². The largest absolute Gasteiger partial charge is 0.493 e. The van der Waals surface area contributed by atoms with Gasteiger partial charge in [-0.05, 0) is 17.7 Å². The van der Waals surface area contributed by atoms with E-state index >= 15 is 0 Å². The van der Waals surface area contributed by atoms with Gasteiger partial charge in [-0.1, -0.05) is 6.07 Å². The van der Waals surface area contributed by atoms with Crippen molar-refractivity contribution in [3.05, 3.63) is 23.8 Å². The number of aliphatic hydroxyl groups excluding tert-OH is 5. The normalized spacial score (nSPS) is 30.8. The molecule has 25 heavy (non-hydrogen) atoms. The van der Waals surface area contributed by atoms with Crippen LogP contribution in [0, 0.1) is 0 Å². The van der Waals surface area contributed by atoms with Crippen molar-refractivity contribution in [1.29, 1.82) is 0 Å². The molecule has 0 radical (unpaired) electrons. The summed E-state index contributed by atoms with van der Waals surface area (Å²) in [6.07, 6.45) is -7.92. The molecule has 5 N–H and O–H groups in total. The smallest absolute Gasteiger partial charge is 0.187 e. The molecule has 9 nitrogen and oxygen atoms in total. The maximum Gasteiger partial charge on any atom is 0.187 e. The van der Waals surface area contributed by atoms with Crippen LogP contribution in [0.3, 0.4) is 0 Å². The van der Waals surface area contributed by atoms with E-state index in [2.05, 4.69) is 0 Å². The highest BCUT2D eigenvalue weighted by atomic mass is 16.7. The molecule has 0 unspecified atom stereocenters. The van der Waals surface area contributed by atoms with Crippen molar-refractivity contribution in [3.8, 4) is 11.5 Å². The Morgan fingerprint density at radius 1 is 1.00 bits per heavy atom. The Labute approximate surface area is 145 Å². The van der Waals surface area contributed by atoms with Gasteiger partial charge in [0.1, 0.15) is 30.5 Å². The monoisotopic (exact) mass is 360 g/mol. The molecule has 0 bridgehead atoms. The van der Waals surface area contributed by atoms with Gasteiger partial charge in [0, 0.05) is 0 Å². The van der Waals surface area contributed by atoms with E-state index in [0.717, 1.165) is 0 Å². The van der Waals surface area contributed by atoms with E-state index in [-0.39, 0.29) is 0 Å². The van der Waals surface area contributed by atoms with Crippen molar-refractivity contribution in [2.24, 2.45) is 0 Å². The minimum atomic E-state index is -1.55. The molecule has 0 aromatic heterocycles. The van der Waals surface area contributed by atoms with E-state index in [4.69, 9.17) is 18.9 Å². The molecule has 9 heteroatoms. The lowest BCUT2D eigenvalue weighted by atomic mass is 9.99. The third-order valence-electron chi connectivity index (χ3n) is 4.09. The highest BCUT2D eigenvalue weighted by molar-refractivity contribution is 5.43. The lowest BCUT2D eigenvalue weighted by Crippen LogP contribution is -2.59.